The zero-order chi connectivity index (χ0) is 28.4. The van der Waals surface area contributed by atoms with Crippen LogP contribution in [0.25, 0.3) is 22.4 Å². The van der Waals surface area contributed by atoms with Crippen LogP contribution in [0.2, 0.25) is 0 Å². The molecule has 4 heterocycles. The number of alkyl halides is 3. The van der Waals surface area contributed by atoms with Gasteiger partial charge in [-0.05, 0) is 30.7 Å². The third-order valence-electron chi connectivity index (χ3n) is 6.61. The number of hydrogen-bond acceptors (Lipinski definition) is 8. The number of aromatic nitrogens is 4. The summed E-state index contributed by atoms with van der Waals surface area (Å²) in [5.41, 5.74) is 7.73. The Balaban J connectivity index is 0.00000387. The van der Waals surface area contributed by atoms with E-state index >= 15 is 0 Å². The molecule has 1 aromatic carbocycles. The number of nitrogens with one attached hydrogen (secondary N) is 1. The Morgan fingerprint density at radius 1 is 1.20 bits per heavy atom. The Morgan fingerprint density at radius 3 is 2.68 bits per heavy atom. The van der Waals surface area contributed by atoms with Gasteiger partial charge in [-0.1, -0.05) is 6.07 Å². The molecule has 9 nitrogen and oxygen atoms in total. The Bertz CT molecular complexity index is 1580. The van der Waals surface area contributed by atoms with Gasteiger partial charge in [0.05, 0.1) is 36.2 Å². The largest absolute Gasteiger partial charge is 0.496 e. The van der Waals surface area contributed by atoms with Crippen LogP contribution in [0.4, 0.5) is 34.9 Å². The molecule has 5 rings (SSSR count). The summed E-state index contributed by atoms with van der Waals surface area (Å²) in [6.07, 6.45) is 3.04. The molecule has 1 fully saturated rings. The number of anilines is 3. The number of methoxy groups -OCH3 is 1. The normalized spacial score (nSPS) is 16.7. The van der Waals surface area contributed by atoms with Crippen molar-refractivity contribution in [3.63, 3.8) is 0 Å². The van der Waals surface area contributed by atoms with E-state index in [9.17, 15) is 22.8 Å². The lowest BCUT2D eigenvalue weighted by Gasteiger charge is -2.35. The van der Waals surface area contributed by atoms with Gasteiger partial charge in [0.15, 0.2) is 0 Å². The Hall–Kier alpha value is -4.41. The number of halogens is 5. The van der Waals surface area contributed by atoms with Gasteiger partial charge in [0.1, 0.15) is 35.4 Å². The van der Waals surface area contributed by atoms with E-state index in [1.54, 1.807) is 18.2 Å². The van der Waals surface area contributed by atoms with Crippen molar-refractivity contribution in [2.45, 2.75) is 25.2 Å². The average molecular weight is 589 g/mol. The summed E-state index contributed by atoms with van der Waals surface area (Å²) in [5, 5.41) is 16.4. The van der Waals surface area contributed by atoms with Crippen molar-refractivity contribution >= 4 is 29.7 Å². The minimum atomic E-state index is -2.81. The number of nitrogens with zero attached hydrogens (tertiary/aromatic N) is 6. The molecule has 2 atom stereocenters. The summed E-state index contributed by atoms with van der Waals surface area (Å²) in [7, 11) is 1.39. The summed E-state index contributed by atoms with van der Waals surface area (Å²) in [6, 6.07) is 10.3. The second-order valence-electron chi connectivity index (χ2n) is 9.13. The molecule has 1 aliphatic heterocycles. The van der Waals surface area contributed by atoms with Gasteiger partial charge in [0.2, 0.25) is 0 Å². The molecule has 3 N–H and O–H groups in total. The second-order valence-corrected chi connectivity index (χ2v) is 9.13. The van der Waals surface area contributed by atoms with Gasteiger partial charge in [-0.3, -0.25) is 0 Å². The molecule has 0 saturated carbocycles. The van der Waals surface area contributed by atoms with Crippen LogP contribution in [0, 0.1) is 17.1 Å². The van der Waals surface area contributed by atoms with E-state index in [2.05, 4.69) is 20.4 Å². The fourth-order valence-corrected chi connectivity index (χ4v) is 4.60. The Labute approximate surface area is 239 Å². The van der Waals surface area contributed by atoms with Crippen LogP contribution in [-0.2, 0) is 0 Å². The Morgan fingerprint density at radius 2 is 2.00 bits per heavy atom. The molecule has 14 heteroatoms. The summed E-state index contributed by atoms with van der Waals surface area (Å²) < 4.78 is 61.1. The van der Waals surface area contributed by atoms with Crippen molar-refractivity contribution in [1.29, 1.82) is 5.26 Å². The molecule has 4 aromatic rings. The first-order chi connectivity index (χ1) is 19.3. The predicted molar refractivity (Wildman–Crippen MR) is 148 cm³/mol. The van der Waals surface area contributed by atoms with Crippen LogP contribution in [0.15, 0.2) is 55.0 Å². The molecule has 214 valence electrons. The molecule has 0 unspecified atom stereocenters. The molecule has 41 heavy (non-hydrogen) atoms. The summed E-state index contributed by atoms with van der Waals surface area (Å²) in [5.74, 6) is 0.180. The predicted octanol–water partition coefficient (Wildman–Crippen LogP) is 5.46. The lowest BCUT2D eigenvalue weighted by Crippen LogP contribution is -2.49. The maximum absolute atomic E-state index is 14.8. The first-order valence-electron chi connectivity index (χ1n) is 12.3. The van der Waals surface area contributed by atoms with Gasteiger partial charge in [0.25, 0.3) is 0 Å². The van der Waals surface area contributed by atoms with E-state index in [0.29, 0.717) is 33.9 Å². The van der Waals surface area contributed by atoms with Crippen LogP contribution in [0.5, 0.6) is 5.75 Å². The molecule has 3 aromatic heterocycles. The minimum Gasteiger partial charge on any atom is -0.496 e. The first kappa shape index (κ1) is 29.6. The fourth-order valence-electron chi connectivity index (χ4n) is 4.60. The van der Waals surface area contributed by atoms with Crippen molar-refractivity contribution in [2.75, 3.05) is 30.4 Å². The van der Waals surface area contributed by atoms with E-state index in [0.717, 1.165) is 0 Å². The molecule has 0 spiro atoms. The number of piperidine rings is 1. The molecular formula is C27H25ClF4N8O. The smallest absolute Gasteiger partial charge is 0.333 e. The molecule has 0 bridgehead atoms. The summed E-state index contributed by atoms with van der Waals surface area (Å²) >= 11 is 0. The zero-order valence-electron chi connectivity index (χ0n) is 21.6. The van der Waals surface area contributed by atoms with Crippen LogP contribution in [0.3, 0.4) is 0 Å². The monoisotopic (exact) mass is 588 g/mol. The molecule has 1 saturated heterocycles. The van der Waals surface area contributed by atoms with Gasteiger partial charge >= 0.3 is 6.55 Å². The minimum absolute atomic E-state index is 0. The number of pyridine rings is 2. The third kappa shape index (κ3) is 6.03. The van der Waals surface area contributed by atoms with Crippen molar-refractivity contribution in [3.8, 4) is 34.2 Å². The first-order valence-corrected chi connectivity index (χ1v) is 12.3. The van der Waals surface area contributed by atoms with Gasteiger partial charge in [-0.25, -0.2) is 23.4 Å². The van der Waals surface area contributed by atoms with Crippen molar-refractivity contribution < 1.29 is 22.3 Å². The van der Waals surface area contributed by atoms with Gasteiger partial charge in [0, 0.05) is 48.4 Å². The van der Waals surface area contributed by atoms with E-state index in [1.807, 2.05) is 11.0 Å². The highest BCUT2D eigenvalue weighted by Crippen LogP contribution is 2.37. The maximum Gasteiger partial charge on any atom is 0.333 e. The number of hydrogen-bond donors (Lipinski definition) is 2. The Kier molecular flexibility index (Phi) is 8.95. The van der Waals surface area contributed by atoms with E-state index in [-0.39, 0.29) is 53.8 Å². The zero-order valence-corrected chi connectivity index (χ0v) is 22.5. The van der Waals surface area contributed by atoms with E-state index in [1.165, 1.54) is 43.9 Å². The number of nitriles is 1. The fraction of sp³-hybridized carbons (Fsp3) is 0.259. The van der Waals surface area contributed by atoms with Crippen LogP contribution < -0.4 is 20.7 Å². The highest BCUT2D eigenvalue weighted by molar-refractivity contribution is 5.85. The molecular weight excluding hydrogens is 564 g/mol. The van der Waals surface area contributed by atoms with Crippen LogP contribution >= 0.6 is 12.4 Å². The highest BCUT2D eigenvalue weighted by atomic mass is 35.5. The van der Waals surface area contributed by atoms with Gasteiger partial charge in [-0.2, -0.15) is 19.1 Å². The standard InChI is InChI=1S/C27H24F4N8O.ClH/c1-40-22-4-2-3-19(29)25(22)26-15(10-32)5-6-23(37-26)36-24-9-21(38-8-7-18(28)20(33)14-38)17(12-34-24)16-11-35-39(13-16)27(30)31;/h2-6,9,11-13,18,20,27H,7-8,14,33H2,1H3,(H,34,36,37);1H/t18-,20+;/m0./s1. The molecule has 0 radical (unpaired) electrons. The number of nitrogens with two attached hydrogens (primary N) is 1. The maximum atomic E-state index is 14.8. The van der Waals surface area contributed by atoms with E-state index in [4.69, 9.17) is 10.5 Å². The molecule has 1 aliphatic rings. The summed E-state index contributed by atoms with van der Waals surface area (Å²) in [6.45, 7) is -2.26. The second kappa shape index (κ2) is 12.4. The lowest BCUT2D eigenvalue weighted by atomic mass is 10.0. The highest BCUT2D eigenvalue weighted by Gasteiger charge is 2.28. The van der Waals surface area contributed by atoms with Crippen molar-refractivity contribution in [3.05, 3.63) is 66.4 Å². The van der Waals surface area contributed by atoms with Crippen molar-refractivity contribution in [2.24, 2.45) is 5.73 Å². The third-order valence-corrected chi connectivity index (χ3v) is 6.61. The quantitative estimate of drug-likeness (QED) is 0.273. The topological polar surface area (TPSA) is 118 Å². The van der Waals surface area contributed by atoms with E-state index < -0.39 is 24.6 Å². The lowest BCUT2D eigenvalue weighted by molar-refractivity contribution is 0.0566. The number of ether oxygens (including phenoxy) is 1. The van der Waals surface area contributed by atoms with Crippen LogP contribution in [0.1, 0.15) is 18.5 Å². The molecule has 0 aliphatic carbocycles. The van der Waals surface area contributed by atoms with Crippen LogP contribution in [-0.4, -0.2) is 52.2 Å². The number of benzene rings is 1. The molecule has 0 amide bonds. The van der Waals surface area contributed by atoms with Gasteiger partial charge < -0.3 is 20.7 Å². The average Bonchev–Trinajstić information content (AvgIpc) is 3.45. The SMILES string of the molecule is COc1cccc(F)c1-c1nc(Nc2cc(N3CC[C@H](F)[C@H](N)C3)c(-c3cnn(C(F)F)c3)cn2)ccc1C#N.Cl. The number of rotatable bonds is 7. The summed E-state index contributed by atoms with van der Waals surface area (Å²) in [4.78, 5) is 10.8. The van der Waals surface area contributed by atoms with Crippen molar-refractivity contribution in [1.82, 2.24) is 19.7 Å². The van der Waals surface area contributed by atoms with Gasteiger partial charge in [-0.15, -0.1) is 12.4 Å².